The van der Waals surface area contributed by atoms with Gasteiger partial charge in [-0.05, 0) is 42.0 Å². The zero-order valence-corrected chi connectivity index (χ0v) is 18.8. The van der Waals surface area contributed by atoms with E-state index >= 15 is 0 Å². The van der Waals surface area contributed by atoms with Gasteiger partial charge >= 0.3 is 0 Å². The van der Waals surface area contributed by atoms with Crippen LogP contribution in [0, 0.1) is 0 Å². The van der Waals surface area contributed by atoms with Crippen molar-refractivity contribution in [3.05, 3.63) is 78.2 Å². The molecular weight excluding hydrogens is 436 g/mol. The molecule has 4 aromatic rings. The lowest BCUT2D eigenvalue weighted by Gasteiger charge is -2.26. The minimum Gasteiger partial charge on any atom is -0.379 e. The molecule has 1 aliphatic heterocycles. The number of amides is 1. The van der Waals surface area contributed by atoms with E-state index in [2.05, 4.69) is 15.3 Å². The maximum atomic E-state index is 12.1. The van der Waals surface area contributed by atoms with E-state index in [-0.39, 0.29) is 0 Å². The second kappa shape index (κ2) is 9.53. The molecule has 1 fully saturated rings. The van der Waals surface area contributed by atoms with E-state index < -0.39 is 5.91 Å². The molecule has 0 bridgehead atoms. The molecule has 0 aliphatic carbocycles. The van der Waals surface area contributed by atoms with Gasteiger partial charge in [0.25, 0.3) is 5.91 Å². The van der Waals surface area contributed by atoms with Gasteiger partial charge in [-0.25, -0.2) is 9.67 Å². The Hall–Kier alpha value is -3.53. The number of primary amides is 1. The first kappa shape index (κ1) is 21.3. The SMILES string of the molecule is NC(=O)c1cc(-c2ccc(-n3cccn3)cc2)sc1Nc1cccc(CN2CCOCC2)n1. The first-order valence-corrected chi connectivity index (χ1v) is 11.5. The summed E-state index contributed by atoms with van der Waals surface area (Å²) in [5, 5.41) is 8.24. The van der Waals surface area contributed by atoms with Crippen molar-refractivity contribution in [1.82, 2.24) is 19.7 Å². The molecule has 0 unspecified atom stereocenters. The summed E-state index contributed by atoms with van der Waals surface area (Å²) in [7, 11) is 0. The predicted octanol–water partition coefficient (Wildman–Crippen LogP) is 3.67. The van der Waals surface area contributed by atoms with Gasteiger partial charge in [-0.3, -0.25) is 9.69 Å². The van der Waals surface area contributed by atoms with Crippen LogP contribution in [0.5, 0.6) is 0 Å². The van der Waals surface area contributed by atoms with E-state index in [1.807, 2.05) is 60.8 Å². The number of thiophene rings is 1. The van der Waals surface area contributed by atoms with E-state index in [4.69, 9.17) is 15.5 Å². The minimum absolute atomic E-state index is 0.450. The highest BCUT2D eigenvalue weighted by molar-refractivity contribution is 7.19. The number of nitrogens with two attached hydrogens (primary N) is 1. The zero-order valence-electron chi connectivity index (χ0n) is 18.0. The van der Waals surface area contributed by atoms with Crippen LogP contribution in [0.15, 0.2) is 67.0 Å². The molecule has 0 radical (unpaired) electrons. The zero-order chi connectivity index (χ0) is 22.6. The molecule has 3 aromatic heterocycles. The molecule has 1 saturated heterocycles. The standard InChI is InChI=1S/C24H24N6O2S/c25-23(31)20-15-21(17-5-7-19(8-6-17)30-10-2-9-26-30)33-24(20)28-22-4-1-3-18(27-22)16-29-11-13-32-14-12-29/h1-10,15H,11-14,16H2,(H2,25,31)(H,27,28). The molecule has 33 heavy (non-hydrogen) atoms. The molecule has 3 N–H and O–H groups in total. The molecule has 1 aromatic carbocycles. The number of anilines is 2. The topological polar surface area (TPSA) is 98.3 Å². The van der Waals surface area contributed by atoms with E-state index in [9.17, 15) is 4.79 Å². The third kappa shape index (κ3) is 4.95. The van der Waals surface area contributed by atoms with Crippen molar-refractivity contribution in [2.45, 2.75) is 6.54 Å². The van der Waals surface area contributed by atoms with Crippen LogP contribution in [-0.2, 0) is 11.3 Å². The summed E-state index contributed by atoms with van der Waals surface area (Å²) < 4.78 is 7.22. The summed E-state index contributed by atoms with van der Waals surface area (Å²) in [4.78, 5) is 20.1. The van der Waals surface area contributed by atoms with Crippen LogP contribution in [0.3, 0.4) is 0 Å². The fourth-order valence-electron chi connectivity index (χ4n) is 3.75. The summed E-state index contributed by atoms with van der Waals surface area (Å²) in [6.07, 6.45) is 3.64. The second-order valence-corrected chi connectivity index (χ2v) is 8.80. The number of rotatable bonds is 7. The Kier molecular flexibility index (Phi) is 6.16. The molecule has 0 spiro atoms. The summed E-state index contributed by atoms with van der Waals surface area (Å²) in [6.45, 7) is 4.07. The number of hydrogen-bond donors (Lipinski definition) is 2. The van der Waals surface area contributed by atoms with Gasteiger partial charge in [-0.15, -0.1) is 11.3 Å². The third-order valence-electron chi connectivity index (χ3n) is 5.46. The Morgan fingerprint density at radius 1 is 1.12 bits per heavy atom. The van der Waals surface area contributed by atoms with Gasteiger partial charge in [0.15, 0.2) is 0 Å². The molecule has 4 heterocycles. The summed E-state index contributed by atoms with van der Waals surface area (Å²) in [5.41, 5.74) is 9.06. The summed E-state index contributed by atoms with van der Waals surface area (Å²) in [6, 6.07) is 17.6. The van der Waals surface area contributed by atoms with Crippen LogP contribution in [0.1, 0.15) is 16.1 Å². The van der Waals surface area contributed by atoms with Crippen LogP contribution in [0.4, 0.5) is 10.8 Å². The van der Waals surface area contributed by atoms with Crippen molar-refractivity contribution in [2.75, 3.05) is 31.6 Å². The van der Waals surface area contributed by atoms with Crippen LogP contribution >= 0.6 is 11.3 Å². The molecule has 168 valence electrons. The van der Waals surface area contributed by atoms with Gasteiger partial charge in [-0.2, -0.15) is 5.10 Å². The quantitative estimate of drug-likeness (QED) is 0.437. The van der Waals surface area contributed by atoms with E-state index in [0.717, 1.165) is 54.7 Å². The Morgan fingerprint density at radius 3 is 2.67 bits per heavy atom. The van der Waals surface area contributed by atoms with Crippen molar-refractivity contribution in [3.63, 3.8) is 0 Å². The number of hydrogen-bond acceptors (Lipinski definition) is 7. The number of aromatic nitrogens is 3. The highest BCUT2D eigenvalue weighted by Crippen LogP contribution is 2.37. The van der Waals surface area contributed by atoms with Crippen molar-refractivity contribution in [2.24, 2.45) is 5.73 Å². The largest absolute Gasteiger partial charge is 0.379 e. The van der Waals surface area contributed by atoms with Gasteiger partial charge in [-0.1, -0.05) is 18.2 Å². The van der Waals surface area contributed by atoms with Crippen molar-refractivity contribution in [3.8, 4) is 16.1 Å². The smallest absolute Gasteiger partial charge is 0.251 e. The van der Waals surface area contributed by atoms with Crippen LogP contribution < -0.4 is 11.1 Å². The van der Waals surface area contributed by atoms with Crippen molar-refractivity contribution in [1.29, 1.82) is 0 Å². The number of nitrogens with zero attached hydrogens (tertiary/aromatic N) is 4. The summed E-state index contributed by atoms with van der Waals surface area (Å²) in [5.74, 6) is 0.211. The maximum Gasteiger partial charge on any atom is 0.251 e. The highest BCUT2D eigenvalue weighted by Gasteiger charge is 2.17. The van der Waals surface area contributed by atoms with Gasteiger partial charge in [0.2, 0.25) is 0 Å². The lowest BCUT2D eigenvalue weighted by molar-refractivity contribution is 0.0337. The normalized spacial score (nSPS) is 14.3. The number of carbonyl (C=O) groups is 1. The molecule has 1 aliphatic rings. The average Bonchev–Trinajstić information content (AvgIpc) is 3.51. The monoisotopic (exact) mass is 460 g/mol. The Morgan fingerprint density at radius 2 is 1.94 bits per heavy atom. The number of nitrogens with one attached hydrogen (secondary N) is 1. The molecular formula is C24H24N6O2S. The Bertz CT molecular complexity index is 1230. The molecule has 5 rings (SSSR count). The second-order valence-electron chi connectivity index (χ2n) is 7.74. The Labute approximate surface area is 195 Å². The van der Waals surface area contributed by atoms with Gasteiger partial charge in [0, 0.05) is 36.9 Å². The van der Waals surface area contributed by atoms with E-state index in [1.165, 1.54) is 11.3 Å². The van der Waals surface area contributed by atoms with Crippen LogP contribution in [0.25, 0.3) is 16.1 Å². The number of pyridine rings is 1. The lowest BCUT2D eigenvalue weighted by Crippen LogP contribution is -2.35. The van der Waals surface area contributed by atoms with Crippen molar-refractivity contribution >= 4 is 28.1 Å². The molecule has 8 nitrogen and oxygen atoms in total. The molecule has 1 amide bonds. The number of benzene rings is 1. The predicted molar refractivity (Wildman–Crippen MR) is 129 cm³/mol. The van der Waals surface area contributed by atoms with Crippen LogP contribution in [0.2, 0.25) is 0 Å². The molecule has 0 atom stereocenters. The average molecular weight is 461 g/mol. The van der Waals surface area contributed by atoms with Gasteiger partial charge < -0.3 is 15.8 Å². The van der Waals surface area contributed by atoms with Crippen molar-refractivity contribution < 1.29 is 9.53 Å². The fourth-order valence-corrected chi connectivity index (χ4v) is 4.83. The van der Waals surface area contributed by atoms with Crippen LogP contribution in [-0.4, -0.2) is 51.9 Å². The van der Waals surface area contributed by atoms with E-state index in [1.54, 1.807) is 10.9 Å². The minimum atomic E-state index is -0.474. The Balaban J connectivity index is 1.36. The van der Waals surface area contributed by atoms with Gasteiger partial charge in [0.1, 0.15) is 10.8 Å². The molecule has 9 heteroatoms. The maximum absolute atomic E-state index is 12.1. The van der Waals surface area contributed by atoms with E-state index in [0.29, 0.717) is 16.4 Å². The third-order valence-corrected chi connectivity index (χ3v) is 6.56. The number of carbonyl (C=O) groups excluding carboxylic acids is 1. The number of morpholine rings is 1. The van der Waals surface area contributed by atoms with Gasteiger partial charge in [0.05, 0.1) is 30.2 Å². The molecule has 0 saturated carbocycles. The fraction of sp³-hybridized carbons (Fsp3) is 0.208. The lowest BCUT2D eigenvalue weighted by atomic mass is 10.1. The number of ether oxygens (including phenoxy) is 1. The highest BCUT2D eigenvalue weighted by atomic mass is 32.1. The summed E-state index contributed by atoms with van der Waals surface area (Å²) >= 11 is 1.48. The first-order chi connectivity index (χ1) is 16.2. The first-order valence-electron chi connectivity index (χ1n) is 10.7.